The van der Waals surface area contributed by atoms with E-state index in [1.54, 1.807) is 0 Å². The standard InChI is InChI=1S/C20H26N4O2/c1-12-6-13(2)23-20(22-12)24-16-4-3-5-17(9-16)26-19-8-15-11-21-10-14(15)7-18(19)25/h3-6,9,14-15,18-19,21,25H,7-8,10-11H2,1-2H3,(H,22,23,24)/t14-,15+,18+,19+/m0/s1. The number of ether oxygens (including phenoxy) is 1. The summed E-state index contributed by atoms with van der Waals surface area (Å²) < 4.78 is 6.14. The molecule has 3 N–H and O–H groups in total. The number of aliphatic hydroxyl groups is 1. The van der Waals surface area contributed by atoms with E-state index >= 15 is 0 Å². The minimum atomic E-state index is -0.407. The molecule has 0 radical (unpaired) electrons. The number of nitrogens with zero attached hydrogens (tertiary/aromatic N) is 2. The van der Waals surface area contributed by atoms with Crippen molar-refractivity contribution in [1.82, 2.24) is 15.3 Å². The topological polar surface area (TPSA) is 79.3 Å². The number of aryl methyl sites for hydroxylation is 2. The number of aromatic nitrogens is 2. The molecule has 0 unspecified atom stereocenters. The summed E-state index contributed by atoms with van der Waals surface area (Å²) in [7, 11) is 0. The molecule has 6 heteroatoms. The second-order valence-corrected chi connectivity index (χ2v) is 7.50. The first-order chi connectivity index (χ1) is 12.6. The Morgan fingerprint density at radius 1 is 1.08 bits per heavy atom. The number of rotatable bonds is 4. The molecule has 2 aromatic rings. The van der Waals surface area contributed by atoms with Gasteiger partial charge in [-0.2, -0.15) is 0 Å². The first-order valence-electron chi connectivity index (χ1n) is 9.31. The quantitative estimate of drug-likeness (QED) is 0.783. The van der Waals surface area contributed by atoms with Crippen LogP contribution >= 0.6 is 0 Å². The van der Waals surface area contributed by atoms with Crippen LogP contribution in [-0.4, -0.2) is 40.4 Å². The van der Waals surface area contributed by atoms with Crippen molar-refractivity contribution in [1.29, 1.82) is 0 Å². The zero-order chi connectivity index (χ0) is 18.1. The van der Waals surface area contributed by atoms with Gasteiger partial charge >= 0.3 is 0 Å². The molecule has 0 spiro atoms. The highest BCUT2D eigenvalue weighted by Crippen LogP contribution is 2.35. The number of anilines is 2. The van der Waals surface area contributed by atoms with Gasteiger partial charge in [0.2, 0.25) is 5.95 Å². The van der Waals surface area contributed by atoms with Crippen LogP contribution in [0.3, 0.4) is 0 Å². The van der Waals surface area contributed by atoms with E-state index in [0.717, 1.165) is 48.8 Å². The lowest BCUT2D eigenvalue weighted by atomic mass is 9.78. The van der Waals surface area contributed by atoms with Crippen molar-refractivity contribution < 1.29 is 9.84 Å². The van der Waals surface area contributed by atoms with Gasteiger partial charge in [0.25, 0.3) is 0 Å². The maximum Gasteiger partial charge on any atom is 0.227 e. The normalized spacial score (nSPS) is 27.8. The summed E-state index contributed by atoms with van der Waals surface area (Å²) in [4.78, 5) is 8.83. The fourth-order valence-electron chi connectivity index (χ4n) is 4.12. The van der Waals surface area contributed by atoms with Gasteiger partial charge in [0.15, 0.2) is 0 Å². The van der Waals surface area contributed by atoms with Gasteiger partial charge in [-0.25, -0.2) is 9.97 Å². The molecule has 1 saturated carbocycles. The third-order valence-electron chi connectivity index (χ3n) is 5.35. The SMILES string of the molecule is Cc1cc(C)nc(Nc2cccc(O[C@@H]3C[C@@H]4CNC[C@@H]4C[C@H]3O)c2)n1. The summed E-state index contributed by atoms with van der Waals surface area (Å²) in [5.74, 6) is 2.53. The predicted molar refractivity (Wildman–Crippen MR) is 101 cm³/mol. The fourth-order valence-corrected chi connectivity index (χ4v) is 4.12. The van der Waals surface area contributed by atoms with Gasteiger partial charge in [0.05, 0.1) is 6.10 Å². The molecule has 0 amide bonds. The number of fused-ring (bicyclic) bond motifs is 1. The Balaban J connectivity index is 1.45. The monoisotopic (exact) mass is 354 g/mol. The second kappa shape index (κ2) is 7.21. The van der Waals surface area contributed by atoms with E-state index in [0.29, 0.717) is 17.8 Å². The molecule has 1 aromatic carbocycles. The number of hydrogen-bond donors (Lipinski definition) is 3. The molecule has 138 valence electrons. The predicted octanol–water partition coefficient (Wildman–Crippen LogP) is 2.57. The average molecular weight is 354 g/mol. The summed E-state index contributed by atoms with van der Waals surface area (Å²) >= 11 is 0. The van der Waals surface area contributed by atoms with Gasteiger partial charge in [-0.1, -0.05) is 6.07 Å². The minimum absolute atomic E-state index is 0.149. The second-order valence-electron chi connectivity index (χ2n) is 7.50. The molecular formula is C20H26N4O2. The summed E-state index contributed by atoms with van der Waals surface area (Å²) in [6.45, 7) is 5.96. The molecule has 4 rings (SSSR count). The van der Waals surface area contributed by atoms with E-state index in [9.17, 15) is 5.11 Å². The Kier molecular flexibility index (Phi) is 4.78. The van der Waals surface area contributed by atoms with Crippen LogP contribution in [0.15, 0.2) is 30.3 Å². The maximum absolute atomic E-state index is 10.5. The number of hydrogen-bond acceptors (Lipinski definition) is 6. The van der Waals surface area contributed by atoms with Crippen LogP contribution in [0, 0.1) is 25.7 Å². The molecule has 26 heavy (non-hydrogen) atoms. The maximum atomic E-state index is 10.5. The summed E-state index contributed by atoms with van der Waals surface area (Å²) in [6, 6.07) is 9.71. The number of nitrogens with one attached hydrogen (secondary N) is 2. The molecule has 0 bridgehead atoms. The van der Waals surface area contributed by atoms with E-state index in [2.05, 4.69) is 20.6 Å². The largest absolute Gasteiger partial charge is 0.488 e. The smallest absolute Gasteiger partial charge is 0.227 e. The molecule has 1 aliphatic carbocycles. The Bertz CT molecular complexity index is 762. The summed E-state index contributed by atoms with van der Waals surface area (Å²) in [6.07, 6.45) is 1.16. The van der Waals surface area contributed by atoms with Crippen molar-refractivity contribution in [2.75, 3.05) is 18.4 Å². The van der Waals surface area contributed by atoms with E-state index in [1.807, 2.05) is 44.2 Å². The van der Waals surface area contributed by atoms with Crippen molar-refractivity contribution in [2.45, 2.75) is 38.9 Å². The van der Waals surface area contributed by atoms with Gasteiger partial charge < -0.3 is 20.5 Å². The lowest BCUT2D eigenvalue weighted by molar-refractivity contribution is -0.0231. The molecule has 2 fully saturated rings. The Hall–Kier alpha value is -2.18. The van der Waals surface area contributed by atoms with Crippen molar-refractivity contribution in [3.05, 3.63) is 41.7 Å². The molecule has 1 saturated heterocycles. The molecule has 2 aliphatic rings. The lowest BCUT2D eigenvalue weighted by Gasteiger charge is -2.35. The van der Waals surface area contributed by atoms with Crippen LogP contribution in [0.4, 0.5) is 11.6 Å². The van der Waals surface area contributed by atoms with Gasteiger partial charge in [-0.15, -0.1) is 0 Å². The van der Waals surface area contributed by atoms with E-state index < -0.39 is 6.10 Å². The average Bonchev–Trinajstić information content (AvgIpc) is 3.01. The van der Waals surface area contributed by atoms with Crippen LogP contribution in [0.5, 0.6) is 5.75 Å². The Labute approximate surface area is 154 Å². The molecule has 1 aromatic heterocycles. The van der Waals surface area contributed by atoms with Crippen LogP contribution < -0.4 is 15.4 Å². The van der Waals surface area contributed by atoms with Gasteiger partial charge in [-0.05, 0) is 69.8 Å². The zero-order valence-electron chi connectivity index (χ0n) is 15.3. The zero-order valence-corrected chi connectivity index (χ0v) is 15.3. The number of benzene rings is 1. The highest BCUT2D eigenvalue weighted by Gasteiger charge is 2.39. The van der Waals surface area contributed by atoms with E-state index in [1.165, 1.54) is 0 Å². The van der Waals surface area contributed by atoms with Crippen LogP contribution in [0.1, 0.15) is 24.2 Å². The number of aliphatic hydroxyl groups excluding tert-OH is 1. The Morgan fingerprint density at radius 2 is 1.81 bits per heavy atom. The van der Waals surface area contributed by atoms with Crippen molar-refractivity contribution in [3.8, 4) is 5.75 Å². The molecule has 2 heterocycles. The van der Waals surface area contributed by atoms with Crippen LogP contribution in [-0.2, 0) is 0 Å². The van der Waals surface area contributed by atoms with Crippen molar-refractivity contribution >= 4 is 11.6 Å². The molecule has 1 aliphatic heterocycles. The highest BCUT2D eigenvalue weighted by molar-refractivity contribution is 5.56. The van der Waals surface area contributed by atoms with Crippen molar-refractivity contribution in [2.24, 2.45) is 11.8 Å². The summed E-state index contributed by atoms with van der Waals surface area (Å²) in [5, 5.41) is 17.1. The third-order valence-corrected chi connectivity index (χ3v) is 5.35. The fraction of sp³-hybridized carbons (Fsp3) is 0.500. The first-order valence-corrected chi connectivity index (χ1v) is 9.31. The first kappa shape index (κ1) is 17.2. The highest BCUT2D eigenvalue weighted by atomic mass is 16.5. The van der Waals surface area contributed by atoms with Gasteiger partial charge in [-0.3, -0.25) is 0 Å². The lowest BCUT2D eigenvalue weighted by Crippen LogP contribution is -2.42. The summed E-state index contributed by atoms with van der Waals surface area (Å²) in [5.41, 5.74) is 2.73. The van der Waals surface area contributed by atoms with E-state index in [4.69, 9.17) is 4.74 Å². The van der Waals surface area contributed by atoms with Crippen molar-refractivity contribution in [3.63, 3.8) is 0 Å². The molecular weight excluding hydrogens is 328 g/mol. The molecule has 6 nitrogen and oxygen atoms in total. The van der Waals surface area contributed by atoms with Gasteiger partial charge in [0.1, 0.15) is 11.9 Å². The van der Waals surface area contributed by atoms with Crippen LogP contribution in [0.2, 0.25) is 0 Å². The Morgan fingerprint density at radius 3 is 2.58 bits per heavy atom. The molecule has 4 atom stereocenters. The van der Waals surface area contributed by atoms with Crippen LogP contribution in [0.25, 0.3) is 0 Å². The van der Waals surface area contributed by atoms with Gasteiger partial charge in [0, 0.05) is 23.1 Å². The van der Waals surface area contributed by atoms with E-state index in [-0.39, 0.29) is 6.10 Å². The minimum Gasteiger partial charge on any atom is -0.488 e. The third kappa shape index (κ3) is 3.81.